The third-order valence-electron chi connectivity index (χ3n) is 2.42. The van der Waals surface area contributed by atoms with Crippen molar-refractivity contribution < 1.29 is 4.79 Å². The highest BCUT2D eigenvalue weighted by atomic mass is 16.1. The van der Waals surface area contributed by atoms with Crippen molar-refractivity contribution in [3.8, 4) is 0 Å². The van der Waals surface area contributed by atoms with Gasteiger partial charge < -0.3 is 10.3 Å². The van der Waals surface area contributed by atoms with E-state index < -0.39 is 0 Å². The first-order valence-corrected chi connectivity index (χ1v) is 5.95. The Balaban J connectivity index is 2.43. The van der Waals surface area contributed by atoms with Crippen LogP contribution in [0.5, 0.6) is 0 Å². The smallest absolute Gasteiger partial charge is 0.154 e. The number of carbonyl (C=O) groups is 1. The van der Waals surface area contributed by atoms with E-state index in [1.54, 1.807) is 18.6 Å². The molecule has 0 aliphatic carbocycles. The molecule has 1 atom stereocenters. The topological polar surface area (TPSA) is 70.1 Å². The van der Waals surface area contributed by atoms with Gasteiger partial charge in [-0.25, -0.2) is 4.98 Å². The quantitative estimate of drug-likeness (QED) is 0.593. The molecule has 18 heavy (non-hydrogen) atoms. The Kier molecular flexibility index (Phi) is 5.30. The zero-order valence-electron chi connectivity index (χ0n) is 11.3. The molecule has 0 radical (unpaired) electrons. The van der Waals surface area contributed by atoms with Gasteiger partial charge in [0, 0.05) is 24.2 Å². The molecule has 98 valence electrons. The van der Waals surface area contributed by atoms with Crippen LogP contribution in [0.1, 0.15) is 32.2 Å². The van der Waals surface area contributed by atoms with E-state index in [0.29, 0.717) is 6.54 Å². The van der Waals surface area contributed by atoms with Crippen molar-refractivity contribution in [2.24, 2.45) is 4.99 Å². The van der Waals surface area contributed by atoms with Gasteiger partial charge in [-0.2, -0.15) is 0 Å². The van der Waals surface area contributed by atoms with Crippen LogP contribution in [0.2, 0.25) is 0 Å². The number of aliphatic imine (C=N–C) groups is 1. The van der Waals surface area contributed by atoms with Crippen LogP contribution in [0.25, 0.3) is 0 Å². The largest absolute Gasteiger partial charge is 0.386 e. The summed E-state index contributed by atoms with van der Waals surface area (Å²) < 4.78 is 0. The van der Waals surface area contributed by atoms with Gasteiger partial charge in [0.1, 0.15) is 5.69 Å². The van der Waals surface area contributed by atoms with Crippen molar-refractivity contribution in [3.05, 3.63) is 29.5 Å². The molecule has 0 saturated carbocycles. The van der Waals surface area contributed by atoms with Crippen LogP contribution in [-0.2, 0) is 4.79 Å². The number of imidazole rings is 1. The predicted molar refractivity (Wildman–Crippen MR) is 72.8 cm³/mol. The highest BCUT2D eigenvalue weighted by molar-refractivity contribution is 5.87. The van der Waals surface area contributed by atoms with Crippen molar-refractivity contribution in [3.63, 3.8) is 0 Å². The molecule has 1 heterocycles. The molecule has 0 amide bonds. The Bertz CT molecular complexity index is 459. The summed E-state index contributed by atoms with van der Waals surface area (Å²) in [5.41, 5.74) is 2.73. The van der Waals surface area contributed by atoms with E-state index in [1.165, 1.54) is 6.92 Å². The fraction of sp³-hybridized carbons (Fsp3) is 0.462. The molecule has 1 unspecified atom stereocenters. The van der Waals surface area contributed by atoms with Crippen LogP contribution < -0.4 is 5.32 Å². The zero-order chi connectivity index (χ0) is 13.5. The monoisotopic (exact) mass is 248 g/mol. The van der Waals surface area contributed by atoms with Crippen LogP contribution in [0, 0.1) is 6.92 Å². The van der Waals surface area contributed by atoms with Crippen LogP contribution in [-0.4, -0.2) is 34.6 Å². The standard InChI is InChI=1S/C13H20N4O/c1-9(5-11(3)18)14-6-10(2)15-7-13-12(4)16-8-17-13/h5,7-8,10,14H,6H2,1-4H3,(H,16,17)/b9-5+,15-7?. The first-order valence-electron chi connectivity index (χ1n) is 5.95. The van der Waals surface area contributed by atoms with E-state index in [9.17, 15) is 4.79 Å². The van der Waals surface area contributed by atoms with E-state index >= 15 is 0 Å². The third kappa shape index (κ3) is 4.95. The molecule has 0 saturated heterocycles. The summed E-state index contributed by atoms with van der Waals surface area (Å²) in [7, 11) is 0. The Morgan fingerprint density at radius 2 is 2.33 bits per heavy atom. The Morgan fingerprint density at radius 1 is 1.61 bits per heavy atom. The lowest BCUT2D eigenvalue weighted by Gasteiger charge is -2.09. The summed E-state index contributed by atoms with van der Waals surface area (Å²) in [6, 6.07) is 0.122. The number of nitrogens with zero attached hydrogens (tertiary/aromatic N) is 2. The molecule has 0 aromatic carbocycles. The Labute approximate surface area is 107 Å². The molecule has 0 aliphatic heterocycles. The number of hydrogen-bond donors (Lipinski definition) is 2. The van der Waals surface area contributed by atoms with Gasteiger partial charge in [-0.3, -0.25) is 9.79 Å². The molecule has 2 N–H and O–H groups in total. The van der Waals surface area contributed by atoms with Crippen LogP contribution in [0.4, 0.5) is 0 Å². The van der Waals surface area contributed by atoms with Gasteiger partial charge in [0.2, 0.25) is 0 Å². The zero-order valence-corrected chi connectivity index (χ0v) is 11.3. The minimum atomic E-state index is 0.0447. The number of allylic oxidation sites excluding steroid dienone is 2. The van der Waals surface area contributed by atoms with Gasteiger partial charge >= 0.3 is 0 Å². The molecule has 1 aromatic rings. The Hall–Kier alpha value is -1.91. The predicted octanol–water partition coefficient (Wildman–Crippen LogP) is 1.61. The molecule has 0 bridgehead atoms. The summed E-state index contributed by atoms with van der Waals surface area (Å²) in [5.74, 6) is 0.0447. The lowest BCUT2D eigenvalue weighted by atomic mass is 10.3. The maximum absolute atomic E-state index is 10.9. The van der Waals surface area contributed by atoms with E-state index in [0.717, 1.165) is 17.1 Å². The minimum absolute atomic E-state index is 0.0447. The van der Waals surface area contributed by atoms with Gasteiger partial charge in [-0.1, -0.05) is 0 Å². The van der Waals surface area contributed by atoms with E-state index in [-0.39, 0.29) is 11.8 Å². The number of H-pyrrole nitrogens is 1. The molecular formula is C13H20N4O. The number of ketones is 1. The van der Waals surface area contributed by atoms with Crippen molar-refractivity contribution in [1.82, 2.24) is 15.3 Å². The van der Waals surface area contributed by atoms with E-state index in [4.69, 9.17) is 0 Å². The van der Waals surface area contributed by atoms with Gasteiger partial charge in [-0.15, -0.1) is 0 Å². The van der Waals surface area contributed by atoms with Crippen molar-refractivity contribution in [2.45, 2.75) is 33.7 Å². The number of aromatic nitrogens is 2. The molecule has 0 spiro atoms. The van der Waals surface area contributed by atoms with Crippen LogP contribution >= 0.6 is 0 Å². The number of hydrogen-bond acceptors (Lipinski definition) is 4. The molecular weight excluding hydrogens is 228 g/mol. The van der Waals surface area contributed by atoms with Crippen molar-refractivity contribution in [1.29, 1.82) is 0 Å². The average Bonchev–Trinajstić information content (AvgIpc) is 2.68. The first-order chi connectivity index (χ1) is 8.49. The van der Waals surface area contributed by atoms with E-state index in [2.05, 4.69) is 20.3 Å². The fourth-order valence-electron chi connectivity index (χ4n) is 1.41. The molecule has 1 aromatic heterocycles. The fourth-order valence-corrected chi connectivity index (χ4v) is 1.41. The highest BCUT2D eigenvalue weighted by Gasteiger charge is 2.00. The van der Waals surface area contributed by atoms with Gasteiger partial charge in [0.25, 0.3) is 0 Å². The molecule has 0 aliphatic rings. The summed E-state index contributed by atoms with van der Waals surface area (Å²) in [4.78, 5) is 22.4. The summed E-state index contributed by atoms with van der Waals surface area (Å²) in [5, 5.41) is 3.16. The van der Waals surface area contributed by atoms with Crippen molar-refractivity contribution in [2.75, 3.05) is 6.54 Å². The third-order valence-corrected chi connectivity index (χ3v) is 2.42. The van der Waals surface area contributed by atoms with Crippen molar-refractivity contribution >= 4 is 12.0 Å². The second-order valence-corrected chi connectivity index (χ2v) is 4.36. The summed E-state index contributed by atoms with van der Waals surface area (Å²) >= 11 is 0. The lowest BCUT2D eigenvalue weighted by molar-refractivity contribution is -0.112. The maximum atomic E-state index is 10.9. The lowest BCUT2D eigenvalue weighted by Crippen LogP contribution is -2.22. The van der Waals surface area contributed by atoms with Crippen LogP contribution in [0.3, 0.4) is 0 Å². The number of aryl methyl sites for hydroxylation is 1. The molecule has 1 rings (SSSR count). The van der Waals surface area contributed by atoms with Crippen LogP contribution in [0.15, 0.2) is 23.1 Å². The minimum Gasteiger partial charge on any atom is -0.386 e. The number of rotatable bonds is 6. The molecule has 0 fully saturated rings. The molecule has 5 nitrogen and oxygen atoms in total. The summed E-state index contributed by atoms with van der Waals surface area (Å²) in [6.45, 7) is 8.06. The maximum Gasteiger partial charge on any atom is 0.154 e. The number of nitrogens with one attached hydrogen (secondary N) is 2. The number of carbonyl (C=O) groups excluding carboxylic acids is 1. The first kappa shape index (κ1) is 14.2. The average molecular weight is 248 g/mol. The normalized spacial score (nSPS) is 13.9. The van der Waals surface area contributed by atoms with Gasteiger partial charge in [-0.05, 0) is 33.8 Å². The SMILES string of the molecule is CC(=O)/C=C(\C)NCC(C)N=Cc1nc[nH]c1C. The highest BCUT2D eigenvalue weighted by Crippen LogP contribution is 1.98. The second-order valence-electron chi connectivity index (χ2n) is 4.36. The van der Waals surface area contributed by atoms with Gasteiger partial charge in [0.15, 0.2) is 5.78 Å². The van der Waals surface area contributed by atoms with E-state index in [1.807, 2.05) is 20.8 Å². The Morgan fingerprint density at radius 3 is 2.89 bits per heavy atom. The van der Waals surface area contributed by atoms with Gasteiger partial charge in [0.05, 0.1) is 12.4 Å². The second kappa shape index (κ2) is 6.74. The molecule has 5 heteroatoms. The summed E-state index contributed by atoms with van der Waals surface area (Å²) in [6.07, 6.45) is 5.00. The number of aromatic amines is 1.